The Morgan fingerprint density at radius 1 is 1.60 bits per heavy atom. The van der Waals surface area contributed by atoms with E-state index in [9.17, 15) is 4.79 Å². The number of nitrogens with one attached hydrogen (secondary N) is 1. The molecule has 2 rings (SSSR count). The molecular formula is C11H15N3O. The van der Waals surface area contributed by atoms with Gasteiger partial charge in [0.05, 0.1) is 6.20 Å². The maximum atomic E-state index is 11.4. The Balaban J connectivity index is 2.15. The van der Waals surface area contributed by atoms with Crippen LogP contribution in [-0.4, -0.2) is 15.5 Å². The molecule has 1 aromatic heterocycles. The van der Waals surface area contributed by atoms with Crippen molar-refractivity contribution in [3.05, 3.63) is 24.2 Å². The van der Waals surface area contributed by atoms with Gasteiger partial charge in [-0.3, -0.25) is 4.79 Å². The second-order valence-electron chi connectivity index (χ2n) is 3.66. The molecule has 1 aliphatic rings. The van der Waals surface area contributed by atoms with Crippen LogP contribution in [0, 0.1) is 0 Å². The van der Waals surface area contributed by atoms with E-state index < -0.39 is 0 Å². The number of anilines is 1. The van der Waals surface area contributed by atoms with E-state index in [4.69, 9.17) is 0 Å². The summed E-state index contributed by atoms with van der Waals surface area (Å²) in [6.45, 7) is 2.78. The molecule has 0 radical (unpaired) electrons. The lowest BCUT2D eigenvalue weighted by atomic mass is 10.2. The van der Waals surface area contributed by atoms with Crippen molar-refractivity contribution in [2.75, 3.05) is 5.32 Å². The maximum absolute atomic E-state index is 11.4. The number of allylic oxidation sites excluding steroid dienone is 1. The quantitative estimate of drug-likeness (QED) is 0.747. The van der Waals surface area contributed by atoms with Gasteiger partial charge in [0.1, 0.15) is 11.6 Å². The van der Waals surface area contributed by atoms with Gasteiger partial charge in [0.15, 0.2) is 0 Å². The van der Waals surface area contributed by atoms with Crippen LogP contribution in [-0.2, 0) is 17.8 Å². The van der Waals surface area contributed by atoms with Gasteiger partial charge >= 0.3 is 0 Å². The SMILES string of the molecule is CC=CC(=O)Nc1cnc2n1CCCC2. The number of aromatic nitrogens is 2. The lowest BCUT2D eigenvalue weighted by Gasteiger charge is -2.15. The Bertz CT molecular complexity index is 393. The maximum Gasteiger partial charge on any atom is 0.249 e. The summed E-state index contributed by atoms with van der Waals surface area (Å²) in [6, 6.07) is 0. The zero-order chi connectivity index (χ0) is 10.7. The topological polar surface area (TPSA) is 46.9 Å². The third-order valence-corrected chi connectivity index (χ3v) is 2.54. The number of rotatable bonds is 2. The molecular weight excluding hydrogens is 190 g/mol. The first kappa shape index (κ1) is 9.96. The summed E-state index contributed by atoms with van der Waals surface area (Å²) in [6.07, 6.45) is 8.35. The molecule has 15 heavy (non-hydrogen) atoms. The number of carbonyl (C=O) groups is 1. The molecule has 4 heteroatoms. The molecule has 0 aromatic carbocycles. The molecule has 1 amide bonds. The minimum absolute atomic E-state index is 0.0919. The monoisotopic (exact) mass is 205 g/mol. The summed E-state index contributed by atoms with van der Waals surface area (Å²) in [5.74, 6) is 1.80. The van der Waals surface area contributed by atoms with Gasteiger partial charge in [-0.25, -0.2) is 4.98 Å². The molecule has 1 aliphatic heterocycles. The Morgan fingerprint density at radius 2 is 2.47 bits per heavy atom. The minimum Gasteiger partial charge on any atom is -0.315 e. The standard InChI is InChI=1S/C11H15N3O/c1-2-5-11(15)13-10-8-12-9-6-3-4-7-14(9)10/h2,5,8H,3-4,6-7H2,1H3,(H,13,15). The van der Waals surface area contributed by atoms with Crippen LogP contribution in [0.5, 0.6) is 0 Å². The molecule has 0 saturated carbocycles. The third-order valence-electron chi connectivity index (χ3n) is 2.54. The van der Waals surface area contributed by atoms with Crippen molar-refractivity contribution in [2.45, 2.75) is 32.7 Å². The van der Waals surface area contributed by atoms with Crippen LogP contribution in [0.15, 0.2) is 18.3 Å². The fourth-order valence-corrected chi connectivity index (χ4v) is 1.84. The number of aryl methyl sites for hydroxylation is 1. The van der Waals surface area contributed by atoms with Crippen LogP contribution in [0.2, 0.25) is 0 Å². The normalized spacial score (nSPS) is 15.3. The second kappa shape index (κ2) is 4.29. The van der Waals surface area contributed by atoms with Gasteiger partial charge in [0.25, 0.3) is 0 Å². The number of nitrogens with zero attached hydrogens (tertiary/aromatic N) is 2. The average Bonchev–Trinajstić information content (AvgIpc) is 2.62. The van der Waals surface area contributed by atoms with Crippen LogP contribution >= 0.6 is 0 Å². The van der Waals surface area contributed by atoms with Crippen LogP contribution in [0.25, 0.3) is 0 Å². The zero-order valence-corrected chi connectivity index (χ0v) is 8.86. The van der Waals surface area contributed by atoms with E-state index in [0.29, 0.717) is 0 Å². The van der Waals surface area contributed by atoms with E-state index in [2.05, 4.69) is 14.9 Å². The molecule has 2 heterocycles. The highest BCUT2D eigenvalue weighted by Gasteiger charge is 2.14. The Kier molecular flexibility index (Phi) is 2.85. The predicted molar refractivity (Wildman–Crippen MR) is 58.6 cm³/mol. The van der Waals surface area contributed by atoms with Crippen LogP contribution in [0.1, 0.15) is 25.6 Å². The minimum atomic E-state index is -0.0919. The van der Waals surface area contributed by atoms with E-state index >= 15 is 0 Å². The first-order chi connectivity index (χ1) is 7.31. The number of amides is 1. The summed E-state index contributed by atoms with van der Waals surface area (Å²) in [4.78, 5) is 15.7. The molecule has 0 bridgehead atoms. The van der Waals surface area contributed by atoms with Gasteiger partial charge in [0, 0.05) is 13.0 Å². The summed E-state index contributed by atoms with van der Waals surface area (Å²) in [7, 11) is 0. The van der Waals surface area contributed by atoms with Crippen molar-refractivity contribution in [2.24, 2.45) is 0 Å². The van der Waals surface area contributed by atoms with E-state index in [1.807, 2.05) is 6.92 Å². The Labute approximate surface area is 89.0 Å². The molecule has 80 valence electrons. The van der Waals surface area contributed by atoms with Gasteiger partial charge in [-0.1, -0.05) is 6.08 Å². The van der Waals surface area contributed by atoms with Crippen molar-refractivity contribution in [1.82, 2.24) is 9.55 Å². The summed E-state index contributed by atoms with van der Waals surface area (Å²) in [5, 5.41) is 2.83. The molecule has 0 aliphatic carbocycles. The molecule has 0 spiro atoms. The van der Waals surface area contributed by atoms with Crippen molar-refractivity contribution in [3.8, 4) is 0 Å². The Morgan fingerprint density at radius 3 is 3.27 bits per heavy atom. The highest BCUT2D eigenvalue weighted by atomic mass is 16.1. The lowest BCUT2D eigenvalue weighted by Crippen LogP contribution is -2.16. The molecule has 0 atom stereocenters. The fraction of sp³-hybridized carbons (Fsp3) is 0.455. The molecule has 1 aromatic rings. The van der Waals surface area contributed by atoms with E-state index in [1.165, 1.54) is 12.5 Å². The van der Waals surface area contributed by atoms with Crippen LogP contribution < -0.4 is 5.32 Å². The number of hydrogen-bond acceptors (Lipinski definition) is 2. The number of imidazole rings is 1. The van der Waals surface area contributed by atoms with Gasteiger partial charge in [-0.15, -0.1) is 0 Å². The second-order valence-corrected chi connectivity index (χ2v) is 3.66. The van der Waals surface area contributed by atoms with Crippen molar-refractivity contribution < 1.29 is 4.79 Å². The molecule has 0 fully saturated rings. The van der Waals surface area contributed by atoms with E-state index in [-0.39, 0.29) is 5.91 Å². The molecule has 0 unspecified atom stereocenters. The number of hydrogen-bond donors (Lipinski definition) is 1. The van der Waals surface area contributed by atoms with Crippen molar-refractivity contribution in [1.29, 1.82) is 0 Å². The number of carbonyl (C=O) groups excluding carboxylic acids is 1. The van der Waals surface area contributed by atoms with Gasteiger partial charge < -0.3 is 9.88 Å². The molecule has 0 saturated heterocycles. The van der Waals surface area contributed by atoms with E-state index in [1.54, 1.807) is 12.3 Å². The summed E-state index contributed by atoms with van der Waals surface area (Å²) < 4.78 is 2.09. The van der Waals surface area contributed by atoms with Crippen molar-refractivity contribution in [3.63, 3.8) is 0 Å². The van der Waals surface area contributed by atoms with Crippen LogP contribution in [0.4, 0.5) is 5.82 Å². The average molecular weight is 205 g/mol. The summed E-state index contributed by atoms with van der Waals surface area (Å²) >= 11 is 0. The summed E-state index contributed by atoms with van der Waals surface area (Å²) in [5.41, 5.74) is 0. The third kappa shape index (κ3) is 2.09. The predicted octanol–water partition coefficient (Wildman–Crippen LogP) is 1.73. The van der Waals surface area contributed by atoms with Gasteiger partial charge in [-0.2, -0.15) is 0 Å². The molecule has 1 N–H and O–H groups in total. The van der Waals surface area contributed by atoms with Gasteiger partial charge in [0.2, 0.25) is 5.91 Å². The van der Waals surface area contributed by atoms with E-state index in [0.717, 1.165) is 31.0 Å². The van der Waals surface area contributed by atoms with Gasteiger partial charge in [-0.05, 0) is 25.8 Å². The fourth-order valence-electron chi connectivity index (χ4n) is 1.84. The largest absolute Gasteiger partial charge is 0.315 e. The van der Waals surface area contributed by atoms with Crippen molar-refractivity contribution >= 4 is 11.7 Å². The lowest BCUT2D eigenvalue weighted by molar-refractivity contribution is -0.111. The molecule has 4 nitrogen and oxygen atoms in total. The zero-order valence-electron chi connectivity index (χ0n) is 8.86. The smallest absolute Gasteiger partial charge is 0.249 e. The highest BCUT2D eigenvalue weighted by molar-refractivity contribution is 5.98. The highest BCUT2D eigenvalue weighted by Crippen LogP contribution is 2.19. The number of fused-ring (bicyclic) bond motifs is 1. The first-order valence-corrected chi connectivity index (χ1v) is 5.29. The van der Waals surface area contributed by atoms with Crippen LogP contribution in [0.3, 0.4) is 0 Å². The Hall–Kier alpha value is -1.58. The first-order valence-electron chi connectivity index (χ1n) is 5.29.